The van der Waals surface area contributed by atoms with Gasteiger partial charge in [-0.25, -0.2) is 4.79 Å². The van der Waals surface area contributed by atoms with E-state index in [1.54, 1.807) is 4.90 Å². The van der Waals surface area contributed by atoms with Crippen molar-refractivity contribution in [2.24, 2.45) is 5.92 Å². The van der Waals surface area contributed by atoms with Crippen molar-refractivity contribution in [3.05, 3.63) is 59.7 Å². The van der Waals surface area contributed by atoms with Crippen LogP contribution in [0.3, 0.4) is 0 Å². The third-order valence-corrected chi connectivity index (χ3v) is 6.59. The Hall–Kier alpha value is -2.41. The summed E-state index contributed by atoms with van der Waals surface area (Å²) < 4.78 is 17.7. The molecule has 2 heterocycles. The fourth-order valence-corrected chi connectivity index (χ4v) is 5.14. The molecule has 0 radical (unpaired) electrons. The average molecular weight is 424 g/mol. The predicted octanol–water partition coefficient (Wildman–Crippen LogP) is 3.77. The van der Waals surface area contributed by atoms with Gasteiger partial charge in [0.1, 0.15) is 18.8 Å². The molecule has 2 fully saturated rings. The first-order valence-corrected chi connectivity index (χ1v) is 11.1. The van der Waals surface area contributed by atoms with Gasteiger partial charge < -0.3 is 19.3 Å². The minimum absolute atomic E-state index is 0.0269. The summed E-state index contributed by atoms with van der Waals surface area (Å²) in [4.78, 5) is 15.0. The molecule has 2 bridgehead atoms. The second kappa shape index (κ2) is 8.26. The topological polar surface area (TPSA) is 68.2 Å². The summed E-state index contributed by atoms with van der Waals surface area (Å²) in [5.74, 6) is 0.393. The summed E-state index contributed by atoms with van der Waals surface area (Å²) in [5.41, 5.74) is 4.81. The zero-order chi connectivity index (χ0) is 21.5. The van der Waals surface area contributed by atoms with Crippen molar-refractivity contribution in [3.63, 3.8) is 0 Å². The van der Waals surface area contributed by atoms with E-state index in [4.69, 9.17) is 14.2 Å². The van der Waals surface area contributed by atoms with E-state index in [1.165, 1.54) is 22.3 Å². The summed E-state index contributed by atoms with van der Waals surface area (Å²) in [6, 6.07) is 16.4. The molecule has 6 nitrogen and oxygen atoms in total. The molecule has 1 amide bonds. The molecule has 0 aromatic heterocycles. The predicted molar refractivity (Wildman–Crippen MR) is 116 cm³/mol. The van der Waals surface area contributed by atoms with Crippen LogP contribution in [-0.2, 0) is 14.2 Å². The summed E-state index contributed by atoms with van der Waals surface area (Å²) in [6.07, 6.45) is -0.823. The van der Waals surface area contributed by atoms with Crippen molar-refractivity contribution in [1.82, 2.24) is 4.90 Å². The maximum atomic E-state index is 13.2. The van der Waals surface area contributed by atoms with E-state index >= 15 is 0 Å². The quantitative estimate of drug-likeness (QED) is 0.793. The van der Waals surface area contributed by atoms with Crippen molar-refractivity contribution in [2.75, 3.05) is 19.8 Å². The highest BCUT2D eigenvalue weighted by Crippen LogP contribution is 2.44. The van der Waals surface area contributed by atoms with Gasteiger partial charge in [-0.15, -0.1) is 0 Å². The van der Waals surface area contributed by atoms with Crippen LogP contribution in [0.15, 0.2) is 48.5 Å². The third-order valence-electron chi connectivity index (χ3n) is 6.59. The Balaban J connectivity index is 1.34. The molecule has 0 saturated carbocycles. The van der Waals surface area contributed by atoms with Crippen molar-refractivity contribution in [1.29, 1.82) is 0 Å². The van der Waals surface area contributed by atoms with E-state index in [1.807, 2.05) is 24.3 Å². The molecule has 1 N–H and O–H groups in total. The van der Waals surface area contributed by atoms with Gasteiger partial charge in [0, 0.05) is 5.92 Å². The molecular formula is C25H29NO5. The zero-order valence-corrected chi connectivity index (χ0v) is 17.9. The Labute approximate surface area is 182 Å². The molecule has 31 heavy (non-hydrogen) atoms. The summed E-state index contributed by atoms with van der Waals surface area (Å²) in [6.45, 7) is 4.77. The first kappa shape index (κ1) is 20.5. The minimum Gasteiger partial charge on any atom is -0.448 e. The van der Waals surface area contributed by atoms with Gasteiger partial charge in [0.25, 0.3) is 0 Å². The normalized spacial score (nSPS) is 26.8. The first-order valence-electron chi connectivity index (χ1n) is 11.1. The molecule has 2 saturated heterocycles. The van der Waals surface area contributed by atoms with E-state index < -0.39 is 12.4 Å². The fourth-order valence-electron chi connectivity index (χ4n) is 5.14. The lowest BCUT2D eigenvalue weighted by molar-refractivity contribution is -0.145. The Morgan fingerprint density at radius 3 is 2.35 bits per heavy atom. The monoisotopic (exact) mass is 423 g/mol. The standard InChI is InChI=1S/C25H29NO5/c1-15(2)11-21-24-30-22(23(13-27)31-24)12-26(21)25(28)29-14-20-18-9-5-3-7-16(18)17-8-4-6-10-19(17)20/h3-10,15,20-24,27H,11-14H2,1-2H3/t21-,22+,23+,24+/m0/s1. The first-order chi connectivity index (χ1) is 15.1. The number of hydrogen-bond acceptors (Lipinski definition) is 5. The molecule has 0 unspecified atom stereocenters. The molecular weight excluding hydrogens is 394 g/mol. The lowest BCUT2D eigenvalue weighted by Gasteiger charge is -2.39. The number of aliphatic hydroxyl groups is 1. The Morgan fingerprint density at radius 2 is 1.74 bits per heavy atom. The largest absolute Gasteiger partial charge is 0.448 e. The summed E-state index contributed by atoms with van der Waals surface area (Å²) in [5, 5.41) is 9.60. The average Bonchev–Trinajstić information content (AvgIpc) is 3.29. The van der Waals surface area contributed by atoms with Crippen LogP contribution in [0.4, 0.5) is 4.79 Å². The number of morpholine rings is 1. The second-order valence-electron chi connectivity index (χ2n) is 9.05. The number of fused-ring (bicyclic) bond motifs is 5. The number of hydrogen-bond donors (Lipinski definition) is 1. The number of amides is 1. The lowest BCUT2D eigenvalue weighted by Crippen LogP contribution is -2.55. The minimum atomic E-state index is -0.515. The fraction of sp³-hybridized carbons (Fsp3) is 0.480. The Kier molecular flexibility index (Phi) is 5.46. The second-order valence-corrected chi connectivity index (χ2v) is 9.05. The maximum Gasteiger partial charge on any atom is 0.410 e. The number of carbonyl (C=O) groups is 1. The van der Waals surface area contributed by atoms with Gasteiger partial charge in [-0.3, -0.25) is 4.90 Å². The molecule has 6 heteroatoms. The molecule has 3 aliphatic rings. The van der Waals surface area contributed by atoms with Gasteiger partial charge in [0.05, 0.1) is 19.2 Å². The van der Waals surface area contributed by atoms with Crippen LogP contribution in [0.1, 0.15) is 37.3 Å². The van der Waals surface area contributed by atoms with Crippen LogP contribution < -0.4 is 0 Å². The molecule has 2 aromatic carbocycles. The van der Waals surface area contributed by atoms with Gasteiger partial charge in [0.2, 0.25) is 0 Å². The number of aliphatic hydroxyl groups excluding tert-OH is 1. The van der Waals surface area contributed by atoms with Crippen LogP contribution >= 0.6 is 0 Å². The van der Waals surface area contributed by atoms with Crippen LogP contribution in [0.25, 0.3) is 11.1 Å². The highest BCUT2D eigenvalue weighted by atomic mass is 16.7. The van der Waals surface area contributed by atoms with Crippen LogP contribution in [0.5, 0.6) is 0 Å². The van der Waals surface area contributed by atoms with Crippen LogP contribution in [-0.4, -0.2) is 60.4 Å². The van der Waals surface area contributed by atoms with Crippen molar-refractivity contribution < 1.29 is 24.1 Å². The van der Waals surface area contributed by atoms with Crippen LogP contribution in [0, 0.1) is 5.92 Å². The number of nitrogens with zero attached hydrogens (tertiary/aromatic N) is 1. The lowest BCUT2D eigenvalue weighted by atomic mass is 9.98. The Morgan fingerprint density at radius 1 is 1.10 bits per heavy atom. The van der Waals surface area contributed by atoms with Crippen LogP contribution in [0.2, 0.25) is 0 Å². The zero-order valence-electron chi connectivity index (χ0n) is 17.9. The van der Waals surface area contributed by atoms with Gasteiger partial charge in [0.15, 0.2) is 6.29 Å². The van der Waals surface area contributed by atoms with E-state index in [0.717, 1.165) is 6.42 Å². The molecule has 1 aliphatic carbocycles. The Bertz CT molecular complexity index is 915. The van der Waals surface area contributed by atoms with Gasteiger partial charge in [-0.2, -0.15) is 0 Å². The molecule has 2 aliphatic heterocycles. The molecule has 4 atom stereocenters. The molecule has 5 rings (SSSR count). The molecule has 164 valence electrons. The highest BCUT2D eigenvalue weighted by molar-refractivity contribution is 5.79. The van der Waals surface area contributed by atoms with Crippen molar-refractivity contribution in [2.45, 2.75) is 50.7 Å². The number of rotatable bonds is 5. The third kappa shape index (κ3) is 3.63. The van der Waals surface area contributed by atoms with Gasteiger partial charge in [-0.1, -0.05) is 62.4 Å². The van der Waals surface area contributed by atoms with Gasteiger partial charge in [-0.05, 0) is 34.6 Å². The van der Waals surface area contributed by atoms with Gasteiger partial charge >= 0.3 is 6.09 Å². The summed E-state index contributed by atoms with van der Waals surface area (Å²) in [7, 11) is 0. The SMILES string of the molecule is CC(C)C[C@H]1[C@H]2O[C@H](CO)[C@@H](CN1C(=O)OCC1c3ccccc3-c3ccccc31)O2. The van der Waals surface area contributed by atoms with E-state index in [2.05, 4.69) is 38.1 Å². The summed E-state index contributed by atoms with van der Waals surface area (Å²) >= 11 is 0. The molecule has 0 spiro atoms. The van der Waals surface area contributed by atoms with Crippen molar-refractivity contribution >= 4 is 6.09 Å². The smallest absolute Gasteiger partial charge is 0.410 e. The molecule has 2 aromatic rings. The number of ether oxygens (including phenoxy) is 3. The number of carbonyl (C=O) groups excluding carboxylic acids is 1. The highest BCUT2D eigenvalue weighted by Gasteiger charge is 2.50. The number of benzene rings is 2. The van der Waals surface area contributed by atoms with Crippen molar-refractivity contribution in [3.8, 4) is 11.1 Å². The van der Waals surface area contributed by atoms with E-state index in [0.29, 0.717) is 12.5 Å². The van der Waals surface area contributed by atoms with E-state index in [-0.39, 0.29) is 37.4 Å². The van der Waals surface area contributed by atoms with E-state index in [9.17, 15) is 9.90 Å². The maximum absolute atomic E-state index is 13.2.